The lowest BCUT2D eigenvalue weighted by Gasteiger charge is -2.24. The zero-order valence-electron chi connectivity index (χ0n) is 10.9. The van der Waals surface area contributed by atoms with Crippen LogP contribution in [0.5, 0.6) is 0 Å². The molecule has 2 N–H and O–H groups in total. The zero-order chi connectivity index (χ0) is 14.8. The Labute approximate surface area is 121 Å². The molecule has 0 atom stereocenters. The van der Waals surface area contributed by atoms with Crippen LogP contribution in [0.15, 0.2) is 27.6 Å². The summed E-state index contributed by atoms with van der Waals surface area (Å²) in [5.74, 6) is -1.06. The molecule has 5 nitrogen and oxygen atoms in total. The van der Waals surface area contributed by atoms with Crippen LogP contribution in [0.3, 0.4) is 0 Å². The molecule has 106 valence electrons. The molecule has 0 spiro atoms. The summed E-state index contributed by atoms with van der Waals surface area (Å²) in [6, 6.07) is 4.92. The van der Waals surface area contributed by atoms with Gasteiger partial charge >= 0.3 is 5.97 Å². The summed E-state index contributed by atoms with van der Waals surface area (Å²) >= 11 is 3.22. The number of carboxylic acids is 1. The van der Waals surface area contributed by atoms with Crippen molar-refractivity contribution in [1.82, 2.24) is 4.72 Å². The molecule has 19 heavy (non-hydrogen) atoms. The van der Waals surface area contributed by atoms with Crippen LogP contribution in [-0.2, 0) is 14.8 Å². The van der Waals surface area contributed by atoms with Crippen molar-refractivity contribution in [1.29, 1.82) is 0 Å². The summed E-state index contributed by atoms with van der Waals surface area (Å²) in [4.78, 5) is 10.9. The smallest absolute Gasteiger partial charge is 0.305 e. The van der Waals surface area contributed by atoms with Gasteiger partial charge in [-0.2, -0.15) is 0 Å². The minimum atomic E-state index is -3.76. The number of carboxylic acid groups (broad SMARTS) is 1. The number of carbonyl (C=O) groups is 1. The fraction of sp³-hybridized carbons (Fsp3) is 0.417. The molecule has 0 aliphatic rings. The number of rotatable bonds is 5. The number of hydrogen-bond acceptors (Lipinski definition) is 3. The first kappa shape index (κ1) is 16.1. The lowest BCUT2D eigenvalue weighted by molar-refractivity contribution is -0.138. The van der Waals surface area contributed by atoms with E-state index in [-0.39, 0.29) is 11.3 Å². The van der Waals surface area contributed by atoms with Gasteiger partial charge in [0, 0.05) is 10.0 Å². The van der Waals surface area contributed by atoms with Gasteiger partial charge in [-0.05, 0) is 38.5 Å². The van der Waals surface area contributed by atoms with Crippen LogP contribution >= 0.6 is 15.9 Å². The molecule has 0 fully saturated rings. The van der Waals surface area contributed by atoms with E-state index in [9.17, 15) is 13.2 Å². The molecule has 0 saturated heterocycles. The van der Waals surface area contributed by atoms with Gasteiger partial charge in [0.1, 0.15) is 0 Å². The maximum Gasteiger partial charge on any atom is 0.305 e. The second-order valence-electron chi connectivity index (χ2n) is 4.97. The fourth-order valence-corrected chi connectivity index (χ4v) is 3.89. The molecule has 0 bridgehead atoms. The second kappa shape index (κ2) is 5.60. The SMILES string of the molecule is Cc1ccc(Br)cc1S(=O)(=O)NC(C)(C)CC(=O)O. The van der Waals surface area contributed by atoms with Gasteiger partial charge in [0.25, 0.3) is 0 Å². The van der Waals surface area contributed by atoms with Gasteiger partial charge in [-0.25, -0.2) is 13.1 Å². The number of halogens is 1. The van der Waals surface area contributed by atoms with Gasteiger partial charge in [0.15, 0.2) is 0 Å². The summed E-state index contributed by atoms with van der Waals surface area (Å²) in [5.41, 5.74) is -0.457. The van der Waals surface area contributed by atoms with E-state index in [1.807, 2.05) is 0 Å². The minimum Gasteiger partial charge on any atom is -0.481 e. The first-order valence-electron chi connectivity index (χ1n) is 5.55. The average molecular weight is 350 g/mol. The van der Waals surface area contributed by atoms with Gasteiger partial charge in [0.2, 0.25) is 10.0 Å². The average Bonchev–Trinajstić information content (AvgIpc) is 2.17. The molecule has 0 radical (unpaired) electrons. The van der Waals surface area contributed by atoms with Crippen LogP contribution in [0.2, 0.25) is 0 Å². The van der Waals surface area contributed by atoms with E-state index in [1.54, 1.807) is 19.1 Å². The Balaban J connectivity index is 3.11. The molecule has 0 unspecified atom stereocenters. The van der Waals surface area contributed by atoms with Crippen LogP contribution < -0.4 is 4.72 Å². The van der Waals surface area contributed by atoms with Crippen LogP contribution in [0.1, 0.15) is 25.8 Å². The van der Waals surface area contributed by atoms with Crippen LogP contribution in [-0.4, -0.2) is 25.0 Å². The predicted molar refractivity (Wildman–Crippen MR) is 75.5 cm³/mol. The molecule has 0 aliphatic heterocycles. The topological polar surface area (TPSA) is 83.5 Å². The Morgan fingerprint density at radius 1 is 1.42 bits per heavy atom. The van der Waals surface area contributed by atoms with Crippen molar-refractivity contribution < 1.29 is 18.3 Å². The predicted octanol–water partition coefficient (Wildman–Crippen LogP) is 2.29. The second-order valence-corrected chi connectivity index (χ2v) is 7.54. The largest absolute Gasteiger partial charge is 0.481 e. The molecule has 1 aromatic rings. The van der Waals surface area contributed by atoms with Crippen LogP contribution in [0, 0.1) is 6.92 Å². The monoisotopic (exact) mass is 349 g/mol. The Kier molecular flexibility index (Phi) is 4.76. The zero-order valence-corrected chi connectivity index (χ0v) is 13.3. The van der Waals surface area contributed by atoms with Crippen molar-refractivity contribution >= 4 is 31.9 Å². The first-order valence-corrected chi connectivity index (χ1v) is 7.83. The van der Waals surface area contributed by atoms with E-state index in [1.165, 1.54) is 19.9 Å². The highest BCUT2D eigenvalue weighted by Gasteiger charge is 2.29. The summed E-state index contributed by atoms with van der Waals surface area (Å²) in [6.45, 7) is 4.75. The van der Waals surface area contributed by atoms with E-state index >= 15 is 0 Å². The van der Waals surface area contributed by atoms with Crippen molar-refractivity contribution in [3.8, 4) is 0 Å². The lowest BCUT2D eigenvalue weighted by Crippen LogP contribution is -2.44. The highest BCUT2D eigenvalue weighted by molar-refractivity contribution is 9.10. The van der Waals surface area contributed by atoms with Crippen molar-refractivity contribution in [2.45, 2.75) is 37.6 Å². The van der Waals surface area contributed by atoms with Crippen molar-refractivity contribution in [3.05, 3.63) is 28.2 Å². The standard InChI is InChI=1S/C12H16BrNO4S/c1-8-4-5-9(13)6-10(8)19(17,18)14-12(2,3)7-11(15)16/h4-6,14H,7H2,1-3H3,(H,15,16). The van der Waals surface area contributed by atoms with Gasteiger partial charge in [-0.15, -0.1) is 0 Å². The number of benzene rings is 1. The summed E-state index contributed by atoms with van der Waals surface area (Å²) in [7, 11) is -3.76. The Morgan fingerprint density at radius 3 is 2.53 bits per heavy atom. The quantitative estimate of drug-likeness (QED) is 0.854. The Hall–Kier alpha value is -0.920. The third-order valence-corrected chi connectivity index (χ3v) is 4.78. The maximum absolute atomic E-state index is 12.3. The highest BCUT2D eigenvalue weighted by Crippen LogP contribution is 2.22. The molecule has 0 aliphatic carbocycles. The van der Waals surface area contributed by atoms with Crippen molar-refractivity contribution in [3.63, 3.8) is 0 Å². The molecule has 0 heterocycles. The number of hydrogen-bond donors (Lipinski definition) is 2. The maximum atomic E-state index is 12.3. The third-order valence-electron chi connectivity index (χ3n) is 2.44. The number of aliphatic carboxylic acids is 1. The van der Waals surface area contributed by atoms with E-state index in [0.717, 1.165) is 0 Å². The molecule has 0 saturated carbocycles. The van der Waals surface area contributed by atoms with Gasteiger partial charge in [-0.1, -0.05) is 22.0 Å². The third kappa shape index (κ3) is 4.59. The summed E-state index contributed by atoms with van der Waals surface area (Å²) < 4.78 is 27.6. The van der Waals surface area contributed by atoms with Gasteiger partial charge < -0.3 is 5.11 Å². The molecule has 0 amide bonds. The molecule has 0 aromatic heterocycles. The Morgan fingerprint density at radius 2 is 2.00 bits per heavy atom. The van der Waals surface area contributed by atoms with Crippen molar-refractivity contribution in [2.75, 3.05) is 0 Å². The van der Waals surface area contributed by atoms with E-state index in [2.05, 4.69) is 20.7 Å². The normalized spacial score (nSPS) is 12.4. The van der Waals surface area contributed by atoms with Crippen molar-refractivity contribution in [2.24, 2.45) is 0 Å². The number of aryl methyl sites for hydroxylation is 1. The first-order chi connectivity index (χ1) is 8.53. The van der Waals surface area contributed by atoms with E-state index in [0.29, 0.717) is 10.0 Å². The van der Waals surface area contributed by atoms with Gasteiger partial charge in [-0.3, -0.25) is 4.79 Å². The van der Waals surface area contributed by atoms with Crippen LogP contribution in [0.25, 0.3) is 0 Å². The number of nitrogens with one attached hydrogen (secondary N) is 1. The molecule has 7 heteroatoms. The van der Waals surface area contributed by atoms with E-state index in [4.69, 9.17) is 5.11 Å². The molecular formula is C12H16BrNO4S. The minimum absolute atomic E-state index is 0.139. The van der Waals surface area contributed by atoms with E-state index < -0.39 is 21.5 Å². The highest BCUT2D eigenvalue weighted by atomic mass is 79.9. The number of sulfonamides is 1. The molecule has 1 aromatic carbocycles. The fourth-order valence-electron chi connectivity index (χ4n) is 1.70. The summed E-state index contributed by atoms with van der Waals surface area (Å²) in [5, 5.41) is 8.77. The van der Waals surface area contributed by atoms with Crippen LogP contribution in [0.4, 0.5) is 0 Å². The van der Waals surface area contributed by atoms with Gasteiger partial charge in [0.05, 0.1) is 11.3 Å². The molecule has 1 rings (SSSR count). The molecular weight excluding hydrogens is 334 g/mol. The lowest BCUT2D eigenvalue weighted by atomic mass is 10.0. The Bertz CT molecular complexity index is 596. The summed E-state index contributed by atoms with van der Waals surface area (Å²) in [6.07, 6.45) is -0.292.